The van der Waals surface area contributed by atoms with E-state index in [4.69, 9.17) is 11.6 Å². The van der Waals surface area contributed by atoms with Gasteiger partial charge in [-0.2, -0.15) is 18.3 Å². The Morgan fingerprint density at radius 2 is 2.00 bits per heavy atom. The molecular weight excluding hydrogens is 573 g/mol. The molecular formula is C29H32ClF3N6O3. The Morgan fingerprint density at radius 3 is 2.71 bits per heavy atom. The number of rotatable bonds is 9. The van der Waals surface area contributed by atoms with Crippen molar-refractivity contribution in [2.24, 2.45) is 5.92 Å². The van der Waals surface area contributed by atoms with Gasteiger partial charge in [-0.1, -0.05) is 29.8 Å². The second-order valence-corrected chi connectivity index (χ2v) is 11.5. The van der Waals surface area contributed by atoms with Gasteiger partial charge < -0.3 is 19.9 Å². The molecule has 1 aromatic heterocycles. The van der Waals surface area contributed by atoms with Crippen LogP contribution in [0.15, 0.2) is 36.5 Å². The van der Waals surface area contributed by atoms with E-state index in [1.165, 1.54) is 13.2 Å². The number of carbonyl (C=O) groups excluding carboxylic acids is 3. The number of amides is 3. The summed E-state index contributed by atoms with van der Waals surface area (Å²) in [6, 6.07) is 9.14. The Kier molecular flexibility index (Phi) is 8.74. The van der Waals surface area contributed by atoms with Crippen molar-refractivity contribution in [2.45, 2.75) is 51.0 Å². The van der Waals surface area contributed by atoms with Gasteiger partial charge in [0.05, 0.1) is 23.3 Å². The number of hydrogen-bond acceptors (Lipinski definition) is 5. The molecule has 42 heavy (non-hydrogen) atoms. The van der Waals surface area contributed by atoms with Crippen molar-refractivity contribution in [1.82, 2.24) is 24.9 Å². The van der Waals surface area contributed by atoms with Gasteiger partial charge in [-0.05, 0) is 55.1 Å². The third-order valence-corrected chi connectivity index (χ3v) is 8.30. The zero-order valence-electron chi connectivity index (χ0n) is 23.1. The molecule has 1 fully saturated rings. The number of H-pyrrole nitrogens is 1. The summed E-state index contributed by atoms with van der Waals surface area (Å²) >= 11 is 6.43. The minimum Gasteiger partial charge on any atom is -0.343 e. The molecule has 2 aliphatic heterocycles. The summed E-state index contributed by atoms with van der Waals surface area (Å²) < 4.78 is 39.1. The van der Waals surface area contributed by atoms with E-state index in [-0.39, 0.29) is 37.4 Å². The standard InChI is InChI=1S/C29H32ClF3N6O3/c1-37(17-29(31,32)33)15-23-20(12-24(30)27-22(23)13-34-36-27)10-18(16-40)11-26(41)38-8-6-21(7-9-38)39-14-19-4-2-3-5-25(19)35-28(39)42/h2-5,12-13,16,18,21H,6-11,14-15,17H2,1H3,(H,34,36)(H,35,42)/t18-/m0/s1. The molecule has 9 nitrogen and oxygen atoms in total. The number of aromatic amines is 1. The number of nitrogens with zero attached hydrogens (tertiary/aromatic N) is 4. The fourth-order valence-corrected chi connectivity index (χ4v) is 6.21. The van der Waals surface area contributed by atoms with Crippen LogP contribution in [0.3, 0.4) is 0 Å². The van der Waals surface area contributed by atoms with Crippen molar-refractivity contribution >= 4 is 46.4 Å². The van der Waals surface area contributed by atoms with Crippen LogP contribution in [0.25, 0.3) is 10.9 Å². The van der Waals surface area contributed by atoms with Crippen LogP contribution in [0.5, 0.6) is 0 Å². The summed E-state index contributed by atoms with van der Waals surface area (Å²) in [5.74, 6) is -0.864. The number of fused-ring (bicyclic) bond motifs is 2. The molecule has 0 saturated carbocycles. The lowest BCUT2D eigenvalue weighted by Gasteiger charge is -2.40. The number of aromatic nitrogens is 2. The lowest BCUT2D eigenvalue weighted by Crippen LogP contribution is -2.51. The molecule has 3 amide bonds. The maximum absolute atomic E-state index is 13.2. The van der Waals surface area contributed by atoms with Gasteiger partial charge in [0, 0.05) is 55.6 Å². The van der Waals surface area contributed by atoms with E-state index in [0.29, 0.717) is 59.5 Å². The maximum Gasteiger partial charge on any atom is 0.401 e. The van der Waals surface area contributed by atoms with Gasteiger partial charge in [-0.25, -0.2) is 4.79 Å². The number of anilines is 1. The van der Waals surface area contributed by atoms with Gasteiger partial charge in [-0.15, -0.1) is 0 Å². The largest absolute Gasteiger partial charge is 0.401 e. The first kappa shape index (κ1) is 29.8. The zero-order valence-corrected chi connectivity index (χ0v) is 23.8. The van der Waals surface area contributed by atoms with Crippen LogP contribution in [0.2, 0.25) is 5.02 Å². The highest BCUT2D eigenvalue weighted by molar-refractivity contribution is 6.35. The SMILES string of the molecule is CN(Cc1c(C[C@H](C=O)CC(=O)N2CCC(N3Cc4ccccc4NC3=O)CC2)cc(Cl)c2[nH]ncc12)CC(F)(F)F. The number of nitrogens with one attached hydrogen (secondary N) is 2. The van der Waals surface area contributed by atoms with Gasteiger partial charge in [-0.3, -0.25) is 14.8 Å². The number of urea groups is 1. The molecule has 0 radical (unpaired) electrons. The highest BCUT2D eigenvalue weighted by Gasteiger charge is 2.33. The Balaban J connectivity index is 1.23. The molecule has 1 atom stereocenters. The molecule has 3 aromatic rings. The number of aldehydes is 1. The highest BCUT2D eigenvalue weighted by atomic mass is 35.5. The minimum atomic E-state index is -4.37. The second kappa shape index (κ2) is 12.3. The predicted octanol–water partition coefficient (Wildman–Crippen LogP) is 5.00. The van der Waals surface area contributed by atoms with E-state index in [0.717, 1.165) is 22.4 Å². The van der Waals surface area contributed by atoms with Crippen molar-refractivity contribution in [1.29, 1.82) is 0 Å². The minimum absolute atomic E-state index is 0.00986. The number of halogens is 4. The van der Waals surface area contributed by atoms with E-state index in [1.807, 2.05) is 29.2 Å². The van der Waals surface area contributed by atoms with E-state index in [2.05, 4.69) is 15.5 Å². The summed E-state index contributed by atoms with van der Waals surface area (Å²) in [4.78, 5) is 42.7. The fourth-order valence-electron chi connectivity index (χ4n) is 5.93. The van der Waals surface area contributed by atoms with Crippen LogP contribution in [0.1, 0.15) is 36.0 Å². The number of hydrogen-bond donors (Lipinski definition) is 2. The number of para-hydroxylation sites is 1. The Hall–Kier alpha value is -3.64. The van der Waals surface area contributed by atoms with Crippen LogP contribution in [0, 0.1) is 5.92 Å². The summed E-state index contributed by atoms with van der Waals surface area (Å²) in [7, 11) is 1.37. The number of piperidine rings is 1. The van der Waals surface area contributed by atoms with Crippen molar-refractivity contribution < 1.29 is 27.6 Å². The third kappa shape index (κ3) is 6.70. The summed E-state index contributed by atoms with van der Waals surface area (Å²) in [6.45, 7) is 0.286. The number of alkyl halides is 3. The topological polar surface area (TPSA) is 102 Å². The van der Waals surface area contributed by atoms with Crippen LogP contribution in [-0.4, -0.2) is 82.0 Å². The average molecular weight is 605 g/mol. The maximum atomic E-state index is 13.2. The molecule has 3 heterocycles. The quantitative estimate of drug-likeness (QED) is 0.335. The van der Waals surface area contributed by atoms with Gasteiger partial charge in [0.2, 0.25) is 5.91 Å². The molecule has 0 bridgehead atoms. The number of likely N-dealkylation sites (tertiary alicyclic amines) is 1. The predicted molar refractivity (Wildman–Crippen MR) is 152 cm³/mol. The van der Waals surface area contributed by atoms with Crippen molar-refractivity contribution in [3.8, 4) is 0 Å². The van der Waals surface area contributed by atoms with Crippen LogP contribution >= 0.6 is 11.6 Å². The highest BCUT2D eigenvalue weighted by Crippen LogP contribution is 2.32. The first-order valence-corrected chi connectivity index (χ1v) is 14.2. The molecule has 5 rings (SSSR count). The molecule has 13 heteroatoms. The molecule has 2 aromatic carbocycles. The molecule has 0 aliphatic carbocycles. The molecule has 224 valence electrons. The number of carbonyl (C=O) groups is 3. The van der Waals surface area contributed by atoms with E-state index >= 15 is 0 Å². The second-order valence-electron chi connectivity index (χ2n) is 11.1. The average Bonchev–Trinajstić information content (AvgIpc) is 3.44. The normalized spacial score (nSPS) is 17.0. The molecule has 1 saturated heterocycles. The molecule has 2 aliphatic rings. The van der Waals surface area contributed by atoms with Crippen molar-refractivity contribution in [2.75, 3.05) is 32.0 Å². The van der Waals surface area contributed by atoms with Gasteiger partial charge in [0.15, 0.2) is 0 Å². The van der Waals surface area contributed by atoms with Gasteiger partial charge in [0.25, 0.3) is 0 Å². The lowest BCUT2D eigenvalue weighted by molar-refractivity contribution is -0.144. The first-order valence-electron chi connectivity index (χ1n) is 13.8. The van der Waals surface area contributed by atoms with Crippen LogP contribution < -0.4 is 5.32 Å². The molecule has 0 unspecified atom stereocenters. The van der Waals surface area contributed by atoms with Crippen molar-refractivity contribution in [3.63, 3.8) is 0 Å². The fraction of sp³-hybridized carbons (Fsp3) is 0.448. The Labute approximate surface area is 246 Å². The monoisotopic (exact) mass is 604 g/mol. The summed E-state index contributed by atoms with van der Waals surface area (Å²) in [6.07, 6.45) is -0.792. The summed E-state index contributed by atoms with van der Waals surface area (Å²) in [5.41, 5.74) is 3.54. The smallest absolute Gasteiger partial charge is 0.343 e. The first-order chi connectivity index (χ1) is 20.0. The third-order valence-electron chi connectivity index (χ3n) is 8.00. The van der Waals surface area contributed by atoms with Crippen LogP contribution in [-0.2, 0) is 29.1 Å². The van der Waals surface area contributed by atoms with Gasteiger partial charge >= 0.3 is 12.2 Å². The Bertz CT molecular complexity index is 1470. The number of benzene rings is 2. The van der Waals surface area contributed by atoms with Crippen molar-refractivity contribution in [3.05, 3.63) is 58.2 Å². The Morgan fingerprint density at radius 1 is 1.26 bits per heavy atom. The van der Waals surface area contributed by atoms with E-state index in [1.54, 1.807) is 11.0 Å². The van der Waals surface area contributed by atoms with E-state index < -0.39 is 18.6 Å². The zero-order chi connectivity index (χ0) is 30.0. The van der Waals surface area contributed by atoms with Gasteiger partial charge in [0.1, 0.15) is 6.29 Å². The molecule has 2 N–H and O–H groups in total. The lowest BCUT2D eigenvalue weighted by atomic mass is 9.91. The summed E-state index contributed by atoms with van der Waals surface area (Å²) in [5, 5.41) is 10.6. The van der Waals surface area contributed by atoms with E-state index in [9.17, 15) is 27.6 Å². The van der Waals surface area contributed by atoms with Crippen LogP contribution in [0.4, 0.5) is 23.7 Å². The molecule has 0 spiro atoms.